The lowest BCUT2D eigenvalue weighted by Gasteiger charge is -2.61. The first kappa shape index (κ1) is 16.1. The highest BCUT2D eigenvalue weighted by molar-refractivity contribution is 5.15. The Morgan fingerprint density at radius 1 is 0.917 bits per heavy atom. The quantitative estimate of drug-likeness (QED) is 0.718. The van der Waals surface area contributed by atoms with Crippen molar-refractivity contribution in [2.75, 3.05) is 13.6 Å². The Kier molecular flexibility index (Phi) is 3.51. The lowest BCUT2D eigenvalue weighted by molar-refractivity contribution is -0.112. The van der Waals surface area contributed by atoms with E-state index in [0.717, 1.165) is 35.6 Å². The number of nitrogens with zero attached hydrogens (tertiary/aromatic N) is 1. The molecule has 4 saturated carbocycles. The molecule has 1 heterocycles. The molecular weight excluding hydrogens is 292 g/mol. The molecule has 2 nitrogen and oxygen atoms in total. The SMILES string of the molecule is CC1C2CCC3C4CCC5CC(N)CCC5(C)C4CCC32CN1C. The van der Waals surface area contributed by atoms with Crippen LogP contribution in [0.25, 0.3) is 0 Å². The standard InChI is InChI=1S/C22H38N2/c1-14-18-6-7-20-17-5-4-15-12-16(23)8-10-21(15,2)19(17)9-11-22(18,20)13-24(14)3/h14-20H,4-13,23H2,1-3H3. The van der Waals surface area contributed by atoms with Crippen molar-refractivity contribution in [1.82, 2.24) is 4.90 Å². The maximum Gasteiger partial charge on any atom is 0.00982 e. The molecule has 5 rings (SSSR count). The molecule has 5 aliphatic rings. The van der Waals surface area contributed by atoms with Crippen LogP contribution in [-0.4, -0.2) is 30.6 Å². The second kappa shape index (κ2) is 5.22. The van der Waals surface area contributed by atoms with Gasteiger partial charge in [0, 0.05) is 18.6 Å². The van der Waals surface area contributed by atoms with Crippen LogP contribution < -0.4 is 5.73 Å². The van der Waals surface area contributed by atoms with Gasteiger partial charge in [0.2, 0.25) is 0 Å². The highest BCUT2D eigenvalue weighted by Gasteiger charge is 2.64. The monoisotopic (exact) mass is 330 g/mol. The van der Waals surface area contributed by atoms with Crippen molar-refractivity contribution in [3.05, 3.63) is 0 Å². The molecule has 0 aromatic heterocycles. The molecule has 4 aliphatic carbocycles. The van der Waals surface area contributed by atoms with Crippen LogP contribution in [0.1, 0.15) is 71.6 Å². The molecule has 0 bridgehead atoms. The molecule has 1 spiro atoms. The normalized spacial score (nSPS) is 60.2. The molecule has 9 atom stereocenters. The Bertz CT molecular complexity index is 518. The third-order valence-corrected chi connectivity index (χ3v) is 10.3. The number of fused-ring (bicyclic) bond motifs is 4. The van der Waals surface area contributed by atoms with Crippen LogP contribution in [0.3, 0.4) is 0 Å². The largest absolute Gasteiger partial charge is 0.328 e. The fourth-order valence-corrected chi connectivity index (χ4v) is 9.09. The number of nitrogens with two attached hydrogens (primary N) is 1. The molecule has 1 saturated heterocycles. The van der Waals surface area contributed by atoms with Crippen LogP contribution in [0.4, 0.5) is 0 Å². The molecule has 2 N–H and O–H groups in total. The van der Waals surface area contributed by atoms with E-state index in [2.05, 4.69) is 25.8 Å². The molecule has 9 unspecified atom stereocenters. The molecule has 2 heteroatoms. The van der Waals surface area contributed by atoms with Crippen LogP contribution in [-0.2, 0) is 0 Å². The predicted molar refractivity (Wildman–Crippen MR) is 99.6 cm³/mol. The number of likely N-dealkylation sites (tertiary alicyclic amines) is 1. The first-order chi connectivity index (χ1) is 11.5. The van der Waals surface area contributed by atoms with E-state index in [1.54, 1.807) is 6.42 Å². The summed E-state index contributed by atoms with van der Waals surface area (Å²) in [6.45, 7) is 6.58. The zero-order valence-electron chi connectivity index (χ0n) is 16.1. The van der Waals surface area contributed by atoms with E-state index in [1.165, 1.54) is 57.9 Å². The molecule has 24 heavy (non-hydrogen) atoms. The van der Waals surface area contributed by atoms with Crippen molar-refractivity contribution in [2.45, 2.75) is 83.7 Å². The van der Waals surface area contributed by atoms with Crippen LogP contribution in [0.2, 0.25) is 0 Å². The highest BCUT2D eigenvalue weighted by atomic mass is 15.2. The van der Waals surface area contributed by atoms with Gasteiger partial charge in [0.1, 0.15) is 0 Å². The Morgan fingerprint density at radius 2 is 1.71 bits per heavy atom. The highest BCUT2D eigenvalue weighted by Crippen LogP contribution is 2.69. The molecule has 0 aromatic rings. The Labute approximate surface area is 148 Å². The summed E-state index contributed by atoms with van der Waals surface area (Å²) in [5, 5.41) is 0. The molecule has 0 amide bonds. The molecule has 1 aliphatic heterocycles. The van der Waals surface area contributed by atoms with E-state index in [4.69, 9.17) is 5.73 Å². The van der Waals surface area contributed by atoms with E-state index in [-0.39, 0.29) is 0 Å². The molecule has 0 radical (unpaired) electrons. The van der Waals surface area contributed by atoms with Gasteiger partial charge >= 0.3 is 0 Å². The zero-order chi connectivity index (χ0) is 16.7. The van der Waals surface area contributed by atoms with Crippen molar-refractivity contribution < 1.29 is 0 Å². The fraction of sp³-hybridized carbons (Fsp3) is 1.00. The van der Waals surface area contributed by atoms with Crippen molar-refractivity contribution >= 4 is 0 Å². The van der Waals surface area contributed by atoms with Gasteiger partial charge in [-0.3, -0.25) is 0 Å². The summed E-state index contributed by atoms with van der Waals surface area (Å²) in [5.74, 6) is 5.03. The maximum absolute atomic E-state index is 6.35. The minimum absolute atomic E-state index is 0.495. The summed E-state index contributed by atoms with van der Waals surface area (Å²) in [7, 11) is 2.39. The van der Waals surface area contributed by atoms with Crippen molar-refractivity contribution in [3.63, 3.8) is 0 Å². The first-order valence-electron chi connectivity index (χ1n) is 10.9. The number of hydrogen-bond acceptors (Lipinski definition) is 2. The van der Waals surface area contributed by atoms with E-state index in [0.29, 0.717) is 16.9 Å². The van der Waals surface area contributed by atoms with E-state index in [1.807, 2.05) is 0 Å². The Hall–Kier alpha value is -0.0800. The first-order valence-corrected chi connectivity index (χ1v) is 10.9. The number of rotatable bonds is 0. The summed E-state index contributed by atoms with van der Waals surface area (Å²) < 4.78 is 0. The average Bonchev–Trinajstić information content (AvgIpc) is 3.03. The van der Waals surface area contributed by atoms with Gasteiger partial charge in [-0.2, -0.15) is 0 Å². The third-order valence-electron chi connectivity index (χ3n) is 10.3. The van der Waals surface area contributed by atoms with Crippen LogP contribution in [0.15, 0.2) is 0 Å². The van der Waals surface area contributed by atoms with E-state index >= 15 is 0 Å². The number of hydrogen-bond donors (Lipinski definition) is 1. The van der Waals surface area contributed by atoms with Crippen LogP contribution in [0.5, 0.6) is 0 Å². The molecule has 0 aromatic carbocycles. The van der Waals surface area contributed by atoms with Crippen molar-refractivity contribution in [1.29, 1.82) is 0 Å². The topological polar surface area (TPSA) is 29.3 Å². The predicted octanol–water partition coefficient (Wildman–Crippen LogP) is 4.29. The second-order valence-electron chi connectivity index (χ2n) is 10.8. The van der Waals surface area contributed by atoms with Gasteiger partial charge in [-0.1, -0.05) is 6.92 Å². The summed E-state index contributed by atoms with van der Waals surface area (Å²) in [6.07, 6.45) is 13.1. The lowest BCUT2D eigenvalue weighted by atomic mass is 9.44. The second-order valence-corrected chi connectivity index (χ2v) is 10.8. The van der Waals surface area contributed by atoms with E-state index < -0.39 is 0 Å². The van der Waals surface area contributed by atoms with Gasteiger partial charge in [0.05, 0.1) is 0 Å². The van der Waals surface area contributed by atoms with Gasteiger partial charge < -0.3 is 10.6 Å². The minimum atomic E-state index is 0.495. The summed E-state index contributed by atoms with van der Waals surface area (Å²) in [5.41, 5.74) is 7.67. The Morgan fingerprint density at radius 3 is 2.54 bits per heavy atom. The molecule has 5 fully saturated rings. The average molecular weight is 331 g/mol. The van der Waals surface area contributed by atoms with Gasteiger partial charge in [0.25, 0.3) is 0 Å². The maximum atomic E-state index is 6.35. The summed E-state index contributed by atoms with van der Waals surface area (Å²) in [6, 6.07) is 1.32. The van der Waals surface area contributed by atoms with Gasteiger partial charge in [-0.05, 0) is 112 Å². The summed E-state index contributed by atoms with van der Waals surface area (Å²) >= 11 is 0. The van der Waals surface area contributed by atoms with Gasteiger partial charge in [-0.25, -0.2) is 0 Å². The van der Waals surface area contributed by atoms with Gasteiger partial charge in [-0.15, -0.1) is 0 Å². The molecule has 136 valence electrons. The minimum Gasteiger partial charge on any atom is -0.328 e. The van der Waals surface area contributed by atoms with Crippen molar-refractivity contribution in [2.24, 2.45) is 46.2 Å². The Balaban J connectivity index is 1.45. The van der Waals surface area contributed by atoms with Crippen LogP contribution in [0, 0.1) is 40.4 Å². The van der Waals surface area contributed by atoms with Gasteiger partial charge in [0.15, 0.2) is 0 Å². The summed E-state index contributed by atoms with van der Waals surface area (Å²) in [4.78, 5) is 2.70. The van der Waals surface area contributed by atoms with Crippen LogP contribution >= 0.6 is 0 Å². The zero-order valence-corrected chi connectivity index (χ0v) is 16.1. The molecular formula is C22H38N2. The van der Waals surface area contributed by atoms with E-state index in [9.17, 15) is 0 Å². The van der Waals surface area contributed by atoms with Crippen molar-refractivity contribution in [3.8, 4) is 0 Å². The lowest BCUT2D eigenvalue weighted by Crippen LogP contribution is -2.55. The fourth-order valence-electron chi connectivity index (χ4n) is 9.09. The third kappa shape index (κ3) is 1.91. The smallest absolute Gasteiger partial charge is 0.00982 e.